The molecule has 1 fully saturated rings. The van der Waals surface area contributed by atoms with Crippen molar-refractivity contribution in [3.05, 3.63) is 74.1 Å². The van der Waals surface area contributed by atoms with Crippen LogP contribution in [0.2, 0.25) is 0 Å². The summed E-state index contributed by atoms with van der Waals surface area (Å²) in [5.41, 5.74) is -1.38. The van der Waals surface area contributed by atoms with Gasteiger partial charge >= 0.3 is 18.4 Å². The predicted octanol–water partition coefficient (Wildman–Crippen LogP) is 4.40. The zero-order valence-corrected chi connectivity index (χ0v) is 27.3. The third-order valence-electron chi connectivity index (χ3n) is 7.50. The number of nitrogens with zero attached hydrogens (tertiary/aromatic N) is 5. The van der Waals surface area contributed by atoms with E-state index in [-0.39, 0.29) is 41.3 Å². The van der Waals surface area contributed by atoms with Crippen LogP contribution in [0.25, 0.3) is 5.57 Å². The molecule has 1 atom stereocenters. The third-order valence-corrected chi connectivity index (χ3v) is 8.67. The van der Waals surface area contributed by atoms with Crippen molar-refractivity contribution >= 4 is 40.3 Å². The second-order valence-corrected chi connectivity index (χ2v) is 13.1. The lowest BCUT2D eigenvalue weighted by atomic mass is 9.94. The van der Waals surface area contributed by atoms with E-state index in [9.17, 15) is 41.0 Å². The average molecular weight is 713 g/mol. The van der Waals surface area contributed by atoms with Crippen LogP contribution in [-0.2, 0) is 33.1 Å². The van der Waals surface area contributed by atoms with Crippen LogP contribution in [0, 0.1) is 0 Å². The van der Waals surface area contributed by atoms with Crippen molar-refractivity contribution in [2.75, 3.05) is 31.6 Å². The minimum absolute atomic E-state index is 0.00286. The highest BCUT2D eigenvalue weighted by Gasteiger charge is 2.40. The number of hydrogen-bond acceptors (Lipinski definition) is 10. The monoisotopic (exact) mass is 712 g/mol. The second-order valence-electron chi connectivity index (χ2n) is 12.1. The van der Waals surface area contributed by atoms with E-state index in [0.717, 1.165) is 17.4 Å². The van der Waals surface area contributed by atoms with E-state index in [1.54, 1.807) is 43.9 Å². The number of thiazole rings is 1. The first-order valence-corrected chi connectivity index (χ1v) is 15.5. The summed E-state index contributed by atoms with van der Waals surface area (Å²) in [6.07, 6.45) is -9.99. The molecule has 2 N–H and O–H groups in total. The maximum Gasteiger partial charge on any atom is 0.416 e. The molecule has 1 saturated heterocycles. The van der Waals surface area contributed by atoms with Crippen molar-refractivity contribution in [2.24, 2.45) is 10.2 Å². The van der Waals surface area contributed by atoms with Crippen LogP contribution < -0.4 is 21.0 Å². The molecule has 1 unspecified atom stereocenters. The molecule has 3 aromatic rings. The predicted molar refractivity (Wildman–Crippen MR) is 165 cm³/mol. The van der Waals surface area contributed by atoms with Gasteiger partial charge in [0.25, 0.3) is 5.91 Å². The topological polar surface area (TPSA) is 129 Å². The number of fused-ring (bicyclic) bond motifs is 1. The number of rotatable bonds is 6. The summed E-state index contributed by atoms with van der Waals surface area (Å²) in [5, 5.41) is 19.9. The summed E-state index contributed by atoms with van der Waals surface area (Å²) < 4.78 is 88.2. The van der Waals surface area contributed by atoms with E-state index in [0.29, 0.717) is 22.2 Å². The van der Waals surface area contributed by atoms with Gasteiger partial charge in [-0.3, -0.25) is 14.5 Å². The number of benzene rings is 2. The number of nitrogens with one attached hydrogen (secondary N) is 1. The molecule has 0 bridgehead atoms. The first-order chi connectivity index (χ1) is 22.9. The standard InChI is InChI=1S/C31H30F6N6O5S/c1-29(2,3)48-28(46)43-10-9-42(15-23(43)25(44)41-47-4)27-39-26(45)24(49-27)20(16-6-8-22-18(11-16)14-38-40-22)12-17-5-7-19(30(32,33)34)13-21(17)31(35,36)37/h5-8,11,13-14,23,45H,9-10,12,15H2,1-4H3,(H,41,44). The van der Waals surface area contributed by atoms with Crippen LogP contribution in [0.1, 0.15) is 47.9 Å². The van der Waals surface area contributed by atoms with Gasteiger partial charge in [-0.15, -0.1) is 0 Å². The van der Waals surface area contributed by atoms with E-state index in [4.69, 9.17) is 9.57 Å². The maximum absolute atomic E-state index is 14.2. The fourth-order valence-electron chi connectivity index (χ4n) is 5.29. The molecule has 0 saturated carbocycles. The molecule has 3 heterocycles. The Balaban J connectivity index is 1.57. The molecule has 2 aliphatic heterocycles. The molecule has 0 radical (unpaired) electrons. The lowest BCUT2D eigenvalue weighted by Gasteiger charge is -2.40. The number of amides is 2. The van der Waals surface area contributed by atoms with Gasteiger partial charge < -0.3 is 14.7 Å². The number of carbonyl (C=O) groups excluding carboxylic acids is 2. The summed E-state index contributed by atoms with van der Waals surface area (Å²) in [7, 11) is 1.22. The Morgan fingerprint density at radius 1 is 1.04 bits per heavy atom. The molecule has 5 rings (SSSR count). The van der Waals surface area contributed by atoms with Crippen LogP contribution in [0.3, 0.4) is 0 Å². The fraction of sp³-hybridized carbons (Fsp3) is 0.387. The molecule has 18 heteroatoms. The molecule has 1 aromatic heterocycles. The smallest absolute Gasteiger partial charge is 0.416 e. The first-order valence-electron chi connectivity index (χ1n) is 14.6. The highest BCUT2D eigenvalue weighted by atomic mass is 32.1. The normalized spacial score (nSPS) is 17.1. The van der Waals surface area contributed by atoms with E-state index in [2.05, 4.69) is 20.7 Å². The summed E-state index contributed by atoms with van der Waals surface area (Å²) in [6.45, 7) is 5.02. The number of aromatic hydroxyl groups is 1. The molecule has 0 spiro atoms. The van der Waals surface area contributed by atoms with Gasteiger partial charge in [0.15, 0.2) is 5.13 Å². The van der Waals surface area contributed by atoms with Crippen molar-refractivity contribution in [3.8, 4) is 5.88 Å². The van der Waals surface area contributed by atoms with Crippen molar-refractivity contribution < 1.29 is 50.6 Å². The summed E-state index contributed by atoms with van der Waals surface area (Å²) in [4.78, 5) is 37.8. The zero-order valence-electron chi connectivity index (χ0n) is 26.4. The number of aromatic nitrogens is 1. The number of hydroxylamine groups is 1. The van der Waals surface area contributed by atoms with Gasteiger partial charge in [0.05, 0.1) is 34.7 Å². The van der Waals surface area contributed by atoms with E-state index < -0.39 is 65.0 Å². The van der Waals surface area contributed by atoms with Gasteiger partial charge in [-0.1, -0.05) is 23.5 Å². The minimum Gasteiger partial charge on any atom is -0.492 e. The average Bonchev–Trinajstić information content (AvgIpc) is 3.64. The van der Waals surface area contributed by atoms with Gasteiger partial charge in [-0.05, 0) is 61.4 Å². The molecule has 0 aliphatic carbocycles. The van der Waals surface area contributed by atoms with Crippen LogP contribution in [0.4, 0.5) is 36.3 Å². The number of alkyl halides is 6. The Labute approximate surface area is 279 Å². The SMILES string of the molecule is CONC(=O)C1CN(c2nc(O)c(C(Cc3ccc(C(F)(F)F)cc3C(F)(F)F)=c3ccc4c(c3)C=NN=4)s2)CCN1C(=O)OC(C)(C)C. The fourth-order valence-corrected chi connectivity index (χ4v) is 6.35. The largest absolute Gasteiger partial charge is 0.492 e. The van der Waals surface area contributed by atoms with Crippen molar-refractivity contribution in [1.29, 1.82) is 0 Å². The lowest BCUT2D eigenvalue weighted by molar-refractivity contribution is -0.143. The number of ether oxygens (including phenoxy) is 1. The Bertz CT molecular complexity index is 1920. The summed E-state index contributed by atoms with van der Waals surface area (Å²) in [5.74, 6) is -1.22. The molecule has 2 amide bonds. The Morgan fingerprint density at radius 3 is 2.43 bits per heavy atom. The number of halogens is 6. The van der Waals surface area contributed by atoms with Gasteiger partial charge in [0.1, 0.15) is 11.6 Å². The maximum atomic E-state index is 14.2. The third kappa shape index (κ3) is 7.96. The Morgan fingerprint density at radius 2 is 1.78 bits per heavy atom. The number of hydrogen-bond donors (Lipinski definition) is 2. The molecule has 11 nitrogen and oxygen atoms in total. The highest BCUT2D eigenvalue weighted by Crippen LogP contribution is 2.41. The highest BCUT2D eigenvalue weighted by molar-refractivity contribution is 7.17. The van der Waals surface area contributed by atoms with Crippen molar-refractivity contribution in [2.45, 2.75) is 51.2 Å². The lowest BCUT2D eigenvalue weighted by Crippen LogP contribution is -2.61. The van der Waals surface area contributed by atoms with E-state index in [1.165, 1.54) is 18.2 Å². The van der Waals surface area contributed by atoms with E-state index in [1.807, 2.05) is 0 Å². The molecular formula is C31H30F6N6O5S. The number of carbonyl (C=O) groups is 2. The van der Waals surface area contributed by atoms with E-state index >= 15 is 0 Å². The molecule has 2 aliphatic rings. The van der Waals surface area contributed by atoms with Crippen LogP contribution in [0.15, 0.2) is 46.6 Å². The van der Waals surface area contributed by atoms with Gasteiger partial charge in [-0.2, -0.15) is 41.5 Å². The molecule has 262 valence electrons. The molecular weight excluding hydrogens is 682 g/mol. The van der Waals surface area contributed by atoms with Gasteiger partial charge in [0, 0.05) is 31.6 Å². The quantitative estimate of drug-likeness (QED) is 0.287. The number of piperazine rings is 1. The minimum atomic E-state index is -5.13. The Kier molecular flexibility index (Phi) is 9.66. The van der Waals surface area contributed by atoms with Crippen molar-refractivity contribution in [1.82, 2.24) is 15.4 Å². The second kappa shape index (κ2) is 13.3. The molecule has 49 heavy (non-hydrogen) atoms. The van der Waals surface area contributed by atoms with Gasteiger partial charge in [0.2, 0.25) is 5.88 Å². The molecule has 2 aromatic carbocycles. The van der Waals surface area contributed by atoms with Crippen molar-refractivity contribution in [3.63, 3.8) is 0 Å². The van der Waals surface area contributed by atoms with Crippen LogP contribution >= 0.6 is 11.3 Å². The first kappa shape index (κ1) is 35.6. The van der Waals surface area contributed by atoms with Gasteiger partial charge in [-0.25, -0.2) is 10.3 Å². The van der Waals surface area contributed by atoms with Crippen LogP contribution in [0.5, 0.6) is 5.88 Å². The summed E-state index contributed by atoms with van der Waals surface area (Å²) >= 11 is 0.901. The zero-order chi connectivity index (χ0) is 35.9. The Hall–Kier alpha value is -4.71. The number of anilines is 1. The summed E-state index contributed by atoms with van der Waals surface area (Å²) in [6, 6.07) is 4.99. The van der Waals surface area contributed by atoms with Crippen LogP contribution in [-0.4, -0.2) is 71.6 Å².